The first-order valence-electron chi connectivity index (χ1n) is 6.29. The molecule has 0 saturated heterocycles. The molecule has 2 N–H and O–H groups in total. The Balaban J connectivity index is 2.36. The molecule has 0 aliphatic heterocycles. The number of nitrogens with two attached hydrogens (primary N) is 1. The zero-order valence-corrected chi connectivity index (χ0v) is 11.8. The Morgan fingerprint density at radius 1 is 1.29 bits per heavy atom. The van der Waals surface area contributed by atoms with Crippen LogP contribution in [0.3, 0.4) is 0 Å². The summed E-state index contributed by atoms with van der Waals surface area (Å²) in [5.41, 5.74) is 7.64. The molecule has 0 bridgehead atoms. The van der Waals surface area contributed by atoms with Crippen LogP contribution in [0.1, 0.15) is 15.9 Å². The number of amides is 1. The number of nitrogens with zero attached hydrogens (tertiary/aromatic N) is 2. The molecular weight excluding hydrogens is 266 g/mol. The van der Waals surface area contributed by atoms with Crippen molar-refractivity contribution in [1.29, 1.82) is 5.26 Å². The van der Waals surface area contributed by atoms with Crippen LogP contribution in [0.15, 0.2) is 42.5 Å². The summed E-state index contributed by atoms with van der Waals surface area (Å²) < 4.78 is 5.07. The highest BCUT2D eigenvalue weighted by atomic mass is 16.5. The van der Waals surface area contributed by atoms with Crippen molar-refractivity contribution in [3.63, 3.8) is 0 Å². The van der Waals surface area contributed by atoms with E-state index in [2.05, 4.69) is 6.07 Å². The van der Waals surface area contributed by atoms with Crippen molar-refractivity contribution in [2.75, 3.05) is 24.8 Å². The Bertz CT molecular complexity index is 720. The van der Waals surface area contributed by atoms with Gasteiger partial charge in [-0.2, -0.15) is 5.26 Å². The highest BCUT2D eigenvalue weighted by molar-refractivity contribution is 6.07. The van der Waals surface area contributed by atoms with E-state index in [9.17, 15) is 4.79 Å². The average Bonchev–Trinajstić information content (AvgIpc) is 2.53. The van der Waals surface area contributed by atoms with Gasteiger partial charge in [-0.05, 0) is 30.3 Å². The maximum atomic E-state index is 12.5. The minimum atomic E-state index is -0.243. The maximum absolute atomic E-state index is 12.5. The lowest BCUT2D eigenvalue weighted by Crippen LogP contribution is -2.27. The van der Waals surface area contributed by atoms with Gasteiger partial charge in [0.25, 0.3) is 5.91 Å². The quantitative estimate of drug-likeness (QED) is 0.876. The van der Waals surface area contributed by atoms with Gasteiger partial charge in [-0.15, -0.1) is 0 Å². The highest BCUT2D eigenvalue weighted by Crippen LogP contribution is 2.25. The van der Waals surface area contributed by atoms with Crippen molar-refractivity contribution in [1.82, 2.24) is 0 Å². The molecule has 21 heavy (non-hydrogen) atoms. The summed E-state index contributed by atoms with van der Waals surface area (Å²) in [6.45, 7) is 0. The second-order valence-corrected chi connectivity index (χ2v) is 4.45. The number of para-hydroxylation sites is 1. The third kappa shape index (κ3) is 2.79. The van der Waals surface area contributed by atoms with E-state index in [1.165, 1.54) is 12.0 Å². The van der Waals surface area contributed by atoms with Gasteiger partial charge < -0.3 is 15.4 Å². The number of rotatable bonds is 3. The minimum absolute atomic E-state index is 0.243. The molecule has 5 nitrogen and oxygen atoms in total. The van der Waals surface area contributed by atoms with Gasteiger partial charge in [0, 0.05) is 12.6 Å². The number of anilines is 2. The number of carbonyl (C=O) groups excluding carboxylic acids is 1. The monoisotopic (exact) mass is 281 g/mol. The number of benzene rings is 2. The van der Waals surface area contributed by atoms with Crippen LogP contribution < -0.4 is 15.4 Å². The molecule has 2 aromatic rings. The summed E-state index contributed by atoms with van der Waals surface area (Å²) >= 11 is 0. The second kappa shape index (κ2) is 5.97. The summed E-state index contributed by atoms with van der Waals surface area (Å²) in [6.07, 6.45) is 0. The van der Waals surface area contributed by atoms with Crippen molar-refractivity contribution in [2.24, 2.45) is 0 Å². The van der Waals surface area contributed by atoms with E-state index in [0.29, 0.717) is 28.3 Å². The van der Waals surface area contributed by atoms with E-state index in [1.807, 2.05) is 0 Å². The topological polar surface area (TPSA) is 79.3 Å². The summed E-state index contributed by atoms with van der Waals surface area (Å²) in [7, 11) is 3.14. The lowest BCUT2D eigenvalue weighted by molar-refractivity contribution is 0.0993. The van der Waals surface area contributed by atoms with Crippen LogP contribution in [0, 0.1) is 11.3 Å². The van der Waals surface area contributed by atoms with Gasteiger partial charge in [-0.1, -0.05) is 12.1 Å². The number of methoxy groups -OCH3 is 1. The van der Waals surface area contributed by atoms with Crippen molar-refractivity contribution < 1.29 is 9.53 Å². The van der Waals surface area contributed by atoms with Gasteiger partial charge in [0.2, 0.25) is 0 Å². The third-order valence-electron chi connectivity index (χ3n) is 3.17. The van der Waals surface area contributed by atoms with Gasteiger partial charge in [-0.25, -0.2) is 0 Å². The van der Waals surface area contributed by atoms with E-state index in [-0.39, 0.29) is 5.91 Å². The molecular formula is C16H15N3O2. The number of hydrogen-bond acceptors (Lipinski definition) is 4. The fraction of sp³-hybridized carbons (Fsp3) is 0.125. The molecule has 0 spiro atoms. The first-order chi connectivity index (χ1) is 10.1. The van der Waals surface area contributed by atoms with Crippen molar-refractivity contribution in [3.8, 4) is 11.8 Å². The van der Waals surface area contributed by atoms with Gasteiger partial charge in [0.1, 0.15) is 11.8 Å². The summed E-state index contributed by atoms with van der Waals surface area (Å²) in [5.74, 6) is 0.277. The highest BCUT2D eigenvalue weighted by Gasteiger charge is 2.17. The lowest BCUT2D eigenvalue weighted by atomic mass is 10.1. The summed E-state index contributed by atoms with van der Waals surface area (Å²) in [4.78, 5) is 13.9. The van der Waals surface area contributed by atoms with E-state index < -0.39 is 0 Å². The van der Waals surface area contributed by atoms with Crippen LogP contribution in [0.4, 0.5) is 11.4 Å². The van der Waals surface area contributed by atoms with Crippen LogP contribution >= 0.6 is 0 Å². The lowest BCUT2D eigenvalue weighted by Gasteiger charge is -2.19. The molecule has 0 aliphatic rings. The molecule has 0 fully saturated rings. The molecule has 0 aliphatic carbocycles. The number of hydrogen-bond donors (Lipinski definition) is 1. The largest absolute Gasteiger partial charge is 0.495 e. The Morgan fingerprint density at radius 2 is 2.00 bits per heavy atom. The average molecular weight is 281 g/mol. The zero-order valence-electron chi connectivity index (χ0n) is 11.8. The number of nitrogen functional groups attached to an aromatic ring is 1. The SMILES string of the molecule is COc1ccc(C(=O)N(C)c2ccccc2C#N)cc1N. The van der Waals surface area contributed by atoms with Crippen molar-refractivity contribution in [3.05, 3.63) is 53.6 Å². The standard InChI is InChI=1S/C16H15N3O2/c1-19(14-6-4-3-5-12(14)10-17)16(20)11-7-8-15(21-2)13(18)9-11/h3-9H,18H2,1-2H3. The Morgan fingerprint density at radius 3 is 2.62 bits per heavy atom. The second-order valence-electron chi connectivity index (χ2n) is 4.45. The molecule has 106 valence electrons. The number of carbonyl (C=O) groups is 1. The smallest absolute Gasteiger partial charge is 0.258 e. The molecule has 0 heterocycles. The van der Waals surface area contributed by atoms with Crippen molar-refractivity contribution >= 4 is 17.3 Å². The van der Waals surface area contributed by atoms with Gasteiger partial charge in [-0.3, -0.25) is 4.79 Å². The Kier molecular flexibility index (Phi) is 4.10. The van der Waals surface area contributed by atoms with Crippen LogP contribution in [0.2, 0.25) is 0 Å². The van der Waals surface area contributed by atoms with Crippen LogP contribution in [0.25, 0.3) is 0 Å². The molecule has 0 atom stereocenters. The van der Waals surface area contributed by atoms with Crippen LogP contribution in [-0.4, -0.2) is 20.1 Å². The predicted octanol–water partition coefficient (Wildman–Crippen LogP) is 2.43. The molecule has 0 radical (unpaired) electrons. The normalized spacial score (nSPS) is 9.76. The maximum Gasteiger partial charge on any atom is 0.258 e. The summed E-state index contributed by atoms with van der Waals surface area (Å²) in [5, 5.41) is 9.11. The molecule has 2 rings (SSSR count). The Hall–Kier alpha value is -3.00. The molecule has 5 heteroatoms. The summed E-state index contributed by atoms with van der Waals surface area (Å²) in [6, 6.07) is 13.9. The van der Waals surface area contributed by atoms with E-state index >= 15 is 0 Å². The minimum Gasteiger partial charge on any atom is -0.495 e. The van der Waals surface area contributed by atoms with E-state index in [4.69, 9.17) is 15.7 Å². The Labute approximate surface area is 123 Å². The molecule has 0 saturated carbocycles. The zero-order chi connectivity index (χ0) is 15.4. The molecule has 2 aromatic carbocycles. The van der Waals surface area contributed by atoms with Gasteiger partial charge in [0.05, 0.1) is 24.0 Å². The fourth-order valence-corrected chi connectivity index (χ4v) is 2.03. The fourth-order valence-electron chi connectivity index (χ4n) is 2.03. The molecule has 0 aromatic heterocycles. The van der Waals surface area contributed by atoms with Gasteiger partial charge in [0.15, 0.2) is 0 Å². The first kappa shape index (κ1) is 14.4. The number of nitriles is 1. The van der Waals surface area contributed by atoms with Crippen molar-refractivity contribution in [2.45, 2.75) is 0 Å². The molecule has 1 amide bonds. The van der Waals surface area contributed by atoms with Gasteiger partial charge >= 0.3 is 0 Å². The first-order valence-corrected chi connectivity index (χ1v) is 6.29. The third-order valence-corrected chi connectivity index (χ3v) is 3.17. The van der Waals surface area contributed by atoms with Crippen LogP contribution in [0.5, 0.6) is 5.75 Å². The predicted molar refractivity (Wildman–Crippen MR) is 81.3 cm³/mol. The van der Waals surface area contributed by atoms with E-state index in [1.54, 1.807) is 49.5 Å². The van der Waals surface area contributed by atoms with E-state index in [0.717, 1.165) is 0 Å². The molecule has 0 unspecified atom stereocenters. The van der Waals surface area contributed by atoms with Crippen LogP contribution in [-0.2, 0) is 0 Å². The number of ether oxygens (including phenoxy) is 1.